The van der Waals surface area contributed by atoms with Crippen LogP contribution in [0.1, 0.15) is 45.7 Å². The van der Waals surface area contributed by atoms with Gasteiger partial charge in [0.15, 0.2) is 5.96 Å². The molecule has 0 aliphatic carbocycles. The van der Waals surface area contributed by atoms with E-state index in [9.17, 15) is 4.79 Å². The lowest BCUT2D eigenvalue weighted by Crippen LogP contribution is -2.41. The number of nitrogens with one attached hydrogen (secondary N) is 2. The molecule has 1 saturated heterocycles. The summed E-state index contributed by atoms with van der Waals surface area (Å²) in [6.07, 6.45) is 0.622. The van der Waals surface area contributed by atoms with Crippen molar-refractivity contribution >= 4 is 12.1 Å². The van der Waals surface area contributed by atoms with Gasteiger partial charge in [0.05, 0.1) is 32.4 Å². The number of hydrogen-bond donors (Lipinski definition) is 2. The van der Waals surface area contributed by atoms with E-state index in [2.05, 4.69) is 22.5 Å². The highest BCUT2D eigenvalue weighted by Gasteiger charge is 2.26. The van der Waals surface area contributed by atoms with Gasteiger partial charge in [0, 0.05) is 32.7 Å². The van der Waals surface area contributed by atoms with Crippen molar-refractivity contribution in [3.8, 4) is 0 Å². The number of likely N-dealkylation sites (tertiary alicyclic amines) is 1. The van der Waals surface area contributed by atoms with E-state index in [1.165, 1.54) is 0 Å². The highest BCUT2D eigenvalue weighted by Crippen LogP contribution is 2.18. The van der Waals surface area contributed by atoms with Gasteiger partial charge >= 0.3 is 6.09 Å². The molecule has 2 atom stereocenters. The zero-order chi connectivity index (χ0) is 23.4. The first-order valence-electron chi connectivity index (χ1n) is 11.5. The average Bonchev–Trinajstić information content (AvgIpc) is 3.21. The summed E-state index contributed by atoms with van der Waals surface area (Å²) in [6, 6.07) is 9.59. The summed E-state index contributed by atoms with van der Waals surface area (Å²) in [4.78, 5) is 19.6. The van der Waals surface area contributed by atoms with Crippen LogP contribution in [0.5, 0.6) is 0 Å². The summed E-state index contributed by atoms with van der Waals surface area (Å²) in [5, 5.41) is 6.37. The van der Waals surface area contributed by atoms with Crippen LogP contribution in [0.4, 0.5) is 4.79 Å². The molecule has 0 spiro atoms. The van der Waals surface area contributed by atoms with E-state index >= 15 is 0 Å². The SMILES string of the molecule is CCNC(=NCC(NC(=O)OC(C)(C)C)c1ccccc1)N1CCC(COCCOC)C1. The van der Waals surface area contributed by atoms with Gasteiger partial charge in [-0.1, -0.05) is 30.3 Å². The lowest BCUT2D eigenvalue weighted by atomic mass is 10.1. The maximum atomic E-state index is 12.4. The number of aliphatic imine (C=N–C) groups is 1. The zero-order valence-electron chi connectivity index (χ0n) is 20.2. The van der Waals surface area contributed by atoms with Gasteiger partial charge in [-0.05, 0) is 39.7 Å². The topological polar surface area (TPSA) is 84.4 Å². The van der Waals surface area contributed by atoms with Crippen LogP contribution in [0.15, 0.2) is 35.3 Å². The lowest BCUT2D eigenvalue weighted by Gasteiger charge is -2.25. The number of hydrogen-bond acceptors (Lipinski definition) is 5. The van der Waals surface area contributed by atoms with E-state index in [1.54, 1.807) is 7.11 Å². The van der Waals surface area contributed by atoms with E-state index in [1.807, 2.05) is 51.1 Å². The number of amides is 1. The van der Waals surface area contributed by atoms with Crippen molar-refractivity contribution in [2.75, 3.05) is 53.1 Å². The number of guanidine groups is 1. The van der Waals surface area contributed by atoms with Crippen LogP contribution in [0.25, 0.3) is 0 Å². The molecule has 1 aliphatic rings. The van der Waals surface area contributed by atoms with Crippen LogP contribution in [0, 0.1) is 5.92 Å². The van der Waals surface area contributed by atoms with E-state index in [4.69, 9.17) is 19.2 Å². The van der Waals surface area contributed by atoms with Crippen LogP contribution in [0.2, 0.25) is 0 Å². The lowest BCUT2D eigenvalue weighted by molar-refractivity contribution is 0.0505. The van der Waals surface area contributed by atoms with Gasteiger partial charge in [-0.25, -0.2) is 4.79 Å². The van der Waals surface area contributed by atoms with E-state index < -0.39 is 11.7 Å². The molecule has 0 bridgehead atoms. The summed E-state index contributed by atoms with van der Waals surface area (Å²) in [6.45, 7) is 12.6. The highest BCUT2D eigenvalue weighted by atomic mass is 16.6. The average molecular weight is 449 g/mol. The van der Waals surface area contributed by atoms with Gasteiger partial charge in [0.25, 0.3) is 0 Å². The monoisotopic (exact) mass is 448 g/mol. The fraction of sp³-hybridized carbons (Fsp3) is 0.667. The molecule has 0 saturated carbocycles. The first kappa shape index (κ1) is 25.9. The molecule has 1 aromatic rings. The summed E-state index contributed by atoms with van der Waals surface area (Å²) >= 11 is 0. The number of methoxy groups -OCH3 is 1. The molecule has 1 amide bonds. The second kappa shape index (κ2) is 13.3. The van der Waals surface area contributed by atoms with E-state index in [0.717, 1.165) is 44.2 Å². The standard InChI is InChI=1S/C24H40N4O4/c1-6-25-22(28-13-12-19(17-28)18-31-15-14-30-5)26-16-21(20-10-8-7-9-11-20)27-23(29)32-24(2,3)4/h7-11,19,21H,6,12-18H2,1-5H3,(H,25,26)(H,27,29). The summed E-state index contributed by atoms with van der Waals surface area (Å²) in [5.74, 6) is 1.33. The van der Waals surface area contributed by atoms with E-state index in [0.29, 0.717) is 25.7 Å². The predicted octanol–water partition coefficient (Wildman–Crippen LogP) is 3.20. The second-order valence-corrected chi connectivity index (χ2v) is 8.97. The fourth-order valence-corrected chi connectivity index (χ4v) is 3.53. The number of carbonyl (C=O) groups is 1. The Bertz CT molecular complexity index is 706. The summed E-state index contributed by atoms with van der Waals surface area (Å²) < 4.78 is 16.2. The maximum absolute atomic E-state index is 12.4. The Kier molecular flexibility index (Phi) is 10.8. The molecule has 8 heteroatoms. The normalized spacial score (nSPS) is 17.8. The van der Waals surface area contributed by atoms with Gasteiger partial charge in [0.2, 0.25) is 0 Å². The Morgan fingerprint density at radius 3 is 2.66 bits per heavy atom. The van der Waals surface area contributed by atoms with Gasteiger partial charge in [-0.15, -0.1) is 0 Å². The van der Waals surface area contributed by atoms with Crippen LogP contribution >= 0.6 is 0 Å². The Morgan fingerprint density at radius 2 is 2.00 bits per heavy atom. The van der Waals surface area contributed by atoms with Crippen LogP contribution < -0.4 is 10.6 Å². The summed E-state index contributed by atoms with van der Waals surface area (Å²) in [7, 11) is 1.68. The van der Waals surface area contributed by atoms with Crippen molar-refractivity contribution < 1.29 is 19.0 Å². The van der Waals surface area contributed by atoms with Gasteiger partial charge < -0.3 is 29.7 Å². The maximum Gasteiger partial charge on any atom is 0.408 e. The summed E-state index contributed by atoms with van der Waals surface area (Å²) in [5.41, 5.74) is 0.433. The third kappa shape index (κ3) is 9.44. The number of nitrogens with zero attached hydrogens (tertiary/aromatic N) is 2. The molecule has 2 rings (SSSR count). The smallest absolute Gasteiger partial charge is 0.408 e. The minimum absolute atomic E-state index is 0.282. The van der Waals surface area contributed by atoms with Crippen molar-refractivity contribution in [2.45, 2.75) is 45.8 Å². The molecule has 180 valence electrons. The Balaban J connectivity index is 2.03. The van der Waals surface area contributed by atoms with Gasteiger partial charge in [-0.2, -0.15) is 0 Å². The number of ether oxygens (including phenoxy) is 3. The zero-order valence-corrected chi connectivity index (χ0v) is 20.2. The van der Waals surface area contributed by atoms with Crippen LogP contribution in [-0.4, -0.2) is 75.7 Å². The van der Waals surface area contributed by atoms with E-state index in [-0.39, 0.29) is 6.04 Å². The second-order valence-electron chi connectivity index (χ2n) is 8.97. The van der Waals surface area contributed by atoms with Crippen molar-refractivity contribution in [1.29, 1.82) is 0 Å². The third-order valence-corrected chi connectivity index (χ3v) is 5.02. The third-order valence-electron chi connectivity index (χ3n) is 5.02. The van der Waals surface area contributed by atoms with Crippen LogP contribution in [0.3, 0.4) is 0 Å². The van der Waals surface area contributed by atoms with Crippen molar-refractivity contribution in [2.24, 2.45) is 10.9 Å². The van der Waals surface area contributed by atoms with Crippen molar-refractivity contribution in [3.05, 3.63) is 35.9 Å². The predicted molar refractivity (Wildman–Crippen MR) is 127 cm³/mol. The van der Waals surface area contributed by atoms with Gasteiger partial charge in [0.1, 0.15) is 5.60 Å². The minimum atomic E-state index is -0.556. The first-order chi connectivity index (χ1) is 15.3. The molecule has 1 heterocycles. The first-order valence-corrected chi connectivity index (χ1v) is 11.5. The molecule has 0 aromatic heterocycles. The number of rotatable bonds is 10. The van der Waals surface area contributed by atoms with Gasteiger partial charge in [-0.3, -0.25) is 4.99 Å². The molecule has 1 aromatic carbocycles. The molecule has 0 radical (unpaired) electrons. The Morgan fingerprint density at radius 1 is 1.25 bits per heavy atom. The highest BCUT2D eigenvalue weighted by molar-refractivity contribution is 5.80. The van der Waals surface area contributed by atoms with Crippen LogP contribution in [-0.2, 0) is 14.2 Å². The molecule has 2 unspecified atom stereocenters. The largest absolute Gasteiger partial charge is 0.444 e. The molecule has 1 aliphatic heterocycles. The minimum Gasteiger partial charge on any atom is -0.444 e. The molecule has 2 N–H and O–H groups in total. The number of carbonyl (C=O) groups excluding carboxylic acids is 1. The quantitative estimate of drug-likeness (QED) is 0.325. The van der Waals surface area contributed by atoms with Crippen molar-refractivity contribution in [3.63, 3.8) is 0 Å². The molecular formula is C24H40N4O4. The number of alkyl carbamates (subject to hydrolysis) is 1. The Hall–Kier alpha value is -2.32. The van der Waals surface area contributed by atoms with Crippen molar-refractivity contribution in [1.82, 2.24) is 15.5 Å². The number of benzene rings is 1. The molecule has 32 heavy (non-hydrogen) atoms. The molecular weight excluding hydrogens is 408 g/mol. The Labute approximate surface area is 192 Å². The molecule has 8 nitrogen and oxygen atoms in total. The fourth-order valence-electron chi connectivity index (χ4n) is 3.53. The molecule has 1 fully saturated rings.